The van der Waals surface area contributed by atoms with Crippen molar-refractivity contribution in [3.8, 4) is 0 Å². The molecule has 0 saturated carbocycles. The van der Waals surface area contributed by atoms with Gasteiger partial charge in [0.15, 0.2) is 11.6 Å². The summed E-state index contributed by atoms with van der Waals surface area (Å²) in [5.41, 5.74) is 6.16. The summed E-state index contributed by atoms with van der Waals surface area (Å²) in [7, 11) is -1.45. The highest BCUT2D eigenvalue weighted by Gasteiger charge is 2.12. The Bertz CT molecular complexity index is 601. The molecule has 0 aliphatic heterocycles. The molecule has 2 aromatic carbocycles. The molecule has 0 radical (unpaired) electrons. The minimum Gasteiger partial charge on any atom is -0.399 e. The Kier molecular flexibility index (Phi) is 3.72. The minimum atomic E-state index is -1.45. The summed E-state index contributed by atoms with van der Waals surface area (Å²) >= 11 is 0. The van der Waals surface area contributed by atoms with Crippen molar-refractivity contribution in [2.75, 3.05) is 5.73 Å². The maximum absolute atomic E-state index is 13.4. The van der Waals surface area contributed by atoms with E-state index in [9.17, 15) is 13.0 Å². The van der Waals surface area contributed by atoms with E-state index in [1.54, 1.807) is 24.3 Å². The van der Waals surface area contributed by atoms with Crippen LogP contribution >= 0.6 is 0 Å². The molecule has 2 aromatic rings. The van der Waals surface area contributed by atoms with E-state index in [2.05, 4.69) is 0 Å². The van der Waals surface area contributed by atoms with Crippen LogP contribution in [0, 0.1) is 11.6 Å². The largest absolute Gasteiger partial charge is 0.399 e. The first-order valence-corrected chi connectivity index (χ1v) is 6.56. The first-order chi connectivity index (χ1) is 8.58. The fourth-order valence-electron chi connectivity index (χ4n) is 1.54. The molecule has 18 heavy (non-hydrogen) atoms. The molecule has 0 aliphatic rings. The van der Waals surface area contributed by atoms with Gasteiger partial charge in [0, 0.05) is 16.1 Å². The minimum absolute atomic E-state index is 0.0763. The number of halogens is 2. The molecular formula is C13H11F2NOS. The summed E-state index contributed by atoms with van der Waals surface area (Å²) in [6.07, 6.45) is 0. The molecular weight excluding hydrogens is 256 g/mol. The summed E-state index contributed by atoms with van der Waals surface area (Å²) in [6, 6.07) is 10.4. The van der Waals surface area contributed by atoms with Gasteiger partial charge in [-0.2, -0.15) is 0 Å². The van der Waals surface area contributed by atoms with Crippen molar-refractivity contribution in [2.45, 2.75) is 10.6 Å². The van der Waals surface area contributed by atoms with Crippen LogP contribution in [0.1, 0.15) is 5.56 Å². The third-order valence-electron chi connectivity index (χ3n) is 2.44. The van der Waals surface area contributed by atoms with Gasteiger partial charge < -0.3 is 5.73 Å². The highest BCUT2D eigenvalue weighted by Crippen LogP contribution is 2.18. The topological polar surface area (TPSA) is 43.1 Å². The van der Waals surface area contributed by atoms with Crippen LogP contribution in [0.2, 0.25) is 0 Å². The molecule has 2 nitrogen and oxygen atoms in total. The number of benzene rings is 2. The second kappa shape index (κ2) is 5.27. The first kappa shape index (κ1) is 12.7. The SMILES string of the molecule is Nc1cccc(S(=O)Cc2cccc(F)c2F)c1. The zero-order chi connectivity index (χ0) is 13.1. The number of nitrogen functional groups attached to an aromatic ring is 1. The maximum Gasteiger partial charge on any atom is 0.162 e. The number of hydrogen-bond donors (Lipinski definition) is 1. The predicted octanol–water partition coefficient (Wildman–Crippen LogP) is 2.85. The molecule has 0 bridgehead atoms. The predicted molar refractivity (Wildman–Crippen MR) is 67.3 cm³/mol. The van der Waals surface area contributed by atoms with Crippen molar-refractivity contribution in [1.29, 1.82) is 0 Å². The third kappa shape index (κ3) is 2.73. The van der Waals surface area contributed by atoms with Gasteiger partial charge in [0.2, 0.25) is 0 Å². The Hall–Kier alpha value is -1.75. The van der Waals surface area contributed by atoms with Crippen molar-refractivity contribution in [1.82, 2.24) is 0 Å². The average Bonchev–Trinajstić information content (AvgIpc) is 2.35. The standard InChI is InChI=1S/C13H11F2NOS/c14-12-6-1-3-9(13(12)15)8-18(17)11-5-2-4-10(16)7-11/h1-7H,8,16H2. The molecule has 0 spiro atoms. The molecule has 2 N–H and O–H groups in total. The number of nitrogens with two attached hydrogens (primary N) is 1. The first-order valence-electron chi connectivity index (χ1n) is 5.25. The molecule has 1 unspecified atom stereocenters. The van der Waals surface area contributed by atoms with E-state index in [1.165, 1.54) is 12.1 Å². The summed E-state index contributed by atoms with van der Waals surface area (Å²) < 4.78 is 38.4. The Morgan fingerprint density at radius 3 is 2.56 bits per heavy atom. The monoisotopic (exact) mass is 267 g/mol. The van der Waals surface area contributed by atoms with Crippen LogP contribution in [0.5, 0.6) is 0 Å². The van der Waals surface area contributed by atoms with E-state index in [1.807, 2.05) is 0 Å². The molecule has 94 valence electrons. The third-order valence-corrected chi connectivity index (χ3v) is 3.79. The van der Waals surface area contributed by atoms with Crippen molar-refractivity contribution >= 4 is 16.5 Å². The van der Waals surface area contributed by atoms with Crippen LogP contribution < -0.4 is 5.73 Å². The zero-order valence-electron chi connectivity index (χ0n) is 9.40. The second-order valence-electron chi connectivity index (χ2n) is 3.78. The molecule has 2 rings (SSSR count). The number of hydrogen-bond acceptors (Lipinski definition) is 2. The van der Waals surface area contributed by atoms with Crippen LogP contribution in [0.3, 0.4) is 0 Å². The van der Waals surface area contributed by atoms with Gasteiger partial charge in [-0.25, -0.2) is 8.78 Å². The molecule has 5 heteroatoms. The van der Waals surface area contributed by atoms with E-state index in [-0.39, 0.29) is 11.3 Å². The fraction of sp³-hybridized carbons (Fsp3) is 0.0769. The molecule has 0 saturated heterocycles. The van der Waals surface area contributed by atoms with Gasteiger partial charge in [0.1, 0.15) is 0 Å². The molecule has 0 aromatic heterocycles. The normalized spacial score (nSPS) is 12.3. The summed E-state index contributed by atoms with van der Waals surface area (Å²) in [5.74, 6) is -1.96. The second-order valence-corrected chi connectivity index (χ2v) is 5.23. The van der Waals surface area contributed by atoms with Crippen LogP contribution in [-0.2, 0) is 16.6 Å². The lowest BCUT2D eigenvalue weighted by molar-refractivity contribution is 0.502. The van der Waals surface area contributed by atoms with Crippen LogP contribution in [0.25, 0.3) is 0 Å². The van der Waals surface area contributed by atoms with Gasteiger partial charge in [-0.05, 0) is 24.3 Å². The quantitative estimate of drug-likeness (QED) is 0.869. The van der Waals surface area contributed by atoms with Crippen LogP contribution in [-0.4, -0.2) is 4.21 Å². The Balaban J connectivity index is 2.24. The van der Waals surface area contributed by atoms with E-state index in [4.69, 9.17) is 5.73 Å². The Labute approximate surface area is 106 Å². The molecule has 0 heterocycles. The highest BCUT2D eigenvalue weighted by molar-refractivity contribution is 7.84. The van der Waals surface area contributed by atoms with E-state index < -0.39 is 22.4 Å². The van der Waals surface area contributed by atoms with Gasteiger partial charge in [-0.1, -0.05) is 18.2 Å². The molecule has 0 amide bonds. The van der Waals surface area contributed by atoms with Gasteiger partial charge >= 0.3 is 0 Å². The van der Waals surface area contributed by atoms with E-state index in [0.29, 0.717) is 10.6 Å². The van der Waals surface area contributed by atoms with Crippen LogP contribution in [0.15, 0.2) is 47.4 Å². The van der Waals surface area contributed by atoms with Crippen molar-refractivity contribution in [3.05, 3.63) is 59.7 Å². The smallest absolute Gasteiger partial charge is 0.162 e. The van der Waals surface area contributed by atoms with E-state index >= 15 is 0 Å². The maximum atomic E-state index is 13.4. The number of rotatable bonds is 3. The Morgan fingerprint density at radius 2 is 1.83 bits per heavy atom. The van der Waals surface area contributed by atoms with Crippen molar-refractivity contribution in [2.24, 2.45) is 0 Å². The summed E-state index contributed by atoms with van der Waals surface area (Å²) in [5, 5.41) is 0. The lowest BCUT2D eigenvalue weighted by Gasteiger charge is -2.05. The fourth-order valence-corrected chi connectivity index (χ4v) is 2.71. The highest BCUT2D eigenvalue weighted by atomic mass is 32.2. The zero-order valence-corrected chi connectivity index (χ0v) is 10.2. The van der Waals surface area contributed by atoms with Crippen LogP contribution in [0.4, 0.5) is 14.5 Å². The van der Waals surface area contributed by atoms with Gasteiger partial charge in [0.25, 0.3) is 0 Å². The molecule has 0 aliphatic carbocycles. The average molecular weight is 267 g/mol. The summed E-state index contributed by atoms with van der Waals surface area (Å²) in [6.45, 7) is 0. The Morgan fingerprint density at radius 1 is 1.11 bits per heavy atom. The number of anilines is 1. The molecule has 0 fully saturated rings. The molecule has 1 atom stereocenters. The van der Waals surface area contributed by atoms with Gasteiger partial charge in [-0.3, -0.25) is 4.21 Å². The van der Waals surface area contributed by atoms with Gasteiger partial charge in [-0.15, -0.1) is 0 Å². The summed E-state index contributed by atoms with van der Waals surface area (Å²) in [4.78, 5) is 0.499. The lowest BCUT2D eigenvalue weighted by Crippen LogP contribution is -2.01. The van der Waals surface area contributed by atoms with Gasteiger partial charge in [0.05, 0.1) is 16.6 Å². The van der Waals surface area contributed by atoms with Crippen molar-refractivity contribution < 1.29 is 13.0 Å². The van der Waals surface area contributed by atoms with E-state index in [0.717, 1.165) is 6.07 Å². The van der Waals surface area contributed by atoms with Crippen molar-refractivity contribution in [3.63, 3.8) is 0 Å². The lowest BCUT2D eigenvalue weighted by atomic mass is 10.2.